The smallest absolute Gasteiger partial charge is 0.302 e. The molecule has 1 aromatic rings. The Morgan fingerprint density at radius 2 is 2.05 bits per heavy atom. The van der Waals surface area contributed by atoms with Crippen LogP contribution in [0.25, 0.3) is 0 Å². The summed E-state index contributed by atoms with van der Waals surface area (Å²) in [5.74, 6) is -0.448. The lowest BCUT2D eigenvalue weighted by molar-refractivity contribution is -0.117. The van der Waals surface area contributed by atoms with E-state index in [9.17, 15) is 17.1 Å². The molecule has 8 heteroatoms. The van der Waals surface area contributed by atoms with Crippen LogP contribution < -0.4 is 14.4 Å². The minimum Gasteiger partial charge on any atom is -0.497 e. The van der Waals surface area contributed by atoms with Crippen molar-refractivity contribution in [3.05, 3.63) is 18.2 Å². The van der Waals surface area contributed by atoms with Gasteiger partial charge in [0.2, 0.25) is 5.91 Å². The van der Waals surface area contributed by atoms with Crippen LogP contribution in [0.15, 0.2) is 18.2 Å². The summed E-state index contributed by atoms with van der Waals surface area (Å²) in [5.41, 5.74) is 0.516. The number of methoxy groups -OCH3 is 2. The highest BCUT2D eigenvalue weighted by atomic mass is 32.3. The SMILES string of the molecule is COc1ccc(N2CC(CS(=O)(=O)F)CC2=O)c(OC)c1. The van der Waals surface area contributed by atoms with Crippen molar-refractivity contribution in [2.45, 2.75) is 6.42 Å². The van der Waals surface area contributed by atoms with Gasteiger partial charge >= 0.3 is 10.2 Å². The fraction of sp³-hybridized carbons (Fsp3) is 0.462. The molecule has 1 heterocycles. The van der Waals surface area contributed by atoms with E-state index in [1.807, 2.05) is 0 Å². The summed E-state index contributed by atoms with van der Waals surface area (Å²) < 4.78 is 44.4. The molecule has 0 radical (unpaired) electrons. The van der Waals surface area contributed by atoms with E-state index < -0.39 is 21.9 Å². The van der Waals surface area contributed by atoms with Gasteiger partial charge in [0, 0.05) is 24.9 Å². The Bertz CT molecular complexity index is 646. The lowest BCUT2D eigenvalue weighted by atomic mass is 10.1. The summed E-state index contributed by atoms with van der Waals surface area (Å²) in [6.45, 7) is 0.144. The molecular weight excluding hydrogens is 301 g/mol. The van der Waals surface area contributed by atoms with E-state index in [1.54, 1.807) is 18.2 Å². The van der Waals surface area contributed by atoms with Crippen LogP contribution in [0.3, 0.4) is 0 Å². The first kappa shape index (κ1) is 15.6. The van der Waals surface area contributed by atoms with Crippen molar-refractivity contribution in [3.63, 3.8) is 0 Å². The second kappa shape index (κ2) is 5.88. The molecule has 0 bridgehead atoms. The standard InChI is InChI=1S/C13H16FNO5S/c1-19-10-3-4-11(12(6-10)20-2)15-7-9(5-13(15)16)8-21(14,17)18/h3-4,6,9H,5,7-8H2,1-2H3. The number of carbonyl (C=O) groups excluding carboxylic acids is 1. The molecule has 2 rings (SSSR count). The molecule has 1 amide bonds. The zero-order chi connectivity index (χ0) is 15.6. The summed E-state index contributed by atoms with van der Waals surface area (Å²) in [4.78, 5) is 13.4. The number of halogens is 1. The molecule has 0 aromatic heterocycles. The number of hydrogen-bond donors (Lipinski definition) is 0. The van der Waals surface area contributed by atoms with E-state index >= 15 is 0 Å². The fourth-order valence-electron chi connectivity index (χ4n) is 2.42. The Labute approximate surface area is 122 Å². The molecular formula is C13H16FNO5S. The van der Waals surface area contributed by atoms with E-state index in [4.69, 9.17) is 9.47 Å². The van der Waals surface area contributed by atoms with Gasteiger partial charge in [-0.3, -0.25) is 4.79 Å². The van der Waals surface area contributed by atoms with Crippen molar-refractivity contribution in [2.24, 2.45) is 5.92 Å². The Morgan fingerprint density at radius 3 is 2.62 bits per heavy atom. The van der Waals surface area contributed by atoms with Crippen molar-refractivity contribution in [1.29, 1.82) is 0 Å². The normalized spacial score (nSPS) is 18.9. The lowest BCUT2D eigenvalue weighted by Crippen LogP contribution is -2.25. The van der Waals surface area contributed by atoms with Gasteiger partial charge in [0.25, 0.3) is 0 Å². The molecule has 1 aliphatic heterocycles. The third-order valence-electron chi connectivity index (χ3n) is 3.32. The number of amides is 1. The van der Waals surface area contributed by atoms with E-state index in [2.05, 4.69) is 0 Å². The molecule has 116 valence electrons. The number of carbonyl (C=O) groups is 1. The average Bonchev–Trinajstić information content (AvgIpc) is 2.76. The molecule has 21 heavy (non-hydrogen) atoms. The summed E-state index contributed by atoms with van der Waals surface area (Å²) >= 11 is 0. The zero-order valence-corrected chi connectivity index (χ0v) is 12.5. The number of rotatable bonds is 5. The minimum absolute atomic E-state index is 0.00165. The number of ether oxygens (including phenoxy) is 2. The van der Waals surface area contributed by atoms with Crippen molar-refractivity contribution >= 4 is 21.8 Å². The van der Waals surface area contributed by atoms with Gasteiger partial charge in [0.1, 0.15) is 11.5 Å². The van der Waals surface area contributed by atoms with E-state index in [0.29, 0.717) is 17.2 Å². The third kappa shape index (κ3) is 3.63. The average molecular weight is 317 g/mol. The Morgan fingerprint density at radius 1 is 1.33 bits per heavy atom. The second-order valence-electron chi connectivity index (χ2n) is 4.82. The Kier molecular flexibility index (Phi) is 4.36. The molecule has 0 aliphatic carbocycles. The van der Waals surface area contributed by atoms with Gasteiger partial charge in [-0.25, -0.2) is 0 Å². The second-order valence-corrected chi connectivity index (χ2v) is 6.23. The first-order valence-corrected chi connectivity index (χ1v) is 7.84. The van der Waals surface area contributed by atoms with E-state index in [0.717, 1.165) is 0 Å². The highest BCUT2D eigenvalue weighted by molar-refractivity contribution is 7.86. The number of benzene rings is 1. The van der Waals surface area contributed by atoms with Crippen LogP contribution in [-0.4, -0.2) is 40.8 Å². The van der Waals surface area contributed by atoms with Crippen molar-refractivity contribution in [3.8, 4) is 11.5 Å². The van der Waals surface area contributed by atoms with Gasteiger partial charge in [-0.1, -0.05) is 0 Å². The molecule has 1 aliphatic rings. The summed E-state index contributed by atoms with van der Waals surface area (Å²) in [6.07, 6.45) is -0.00165. The molecule has 0 saturated carbocycles. The van der Waals surface area contributed by atoms with Crippen LogP contribution in [0, 0.1) is 5.92 Å². The van der Waals surface area contributed by atoms with Crippen molar-refractivity contribution in [1.82, 2.24) is 0 Å². The Balaban J connectivity index is 2.24. The number of hydrogen-bond acceptors (Lipinski definition) is 5. The highest BCUT2D eigenvalue weighted by Gasteiger charge is 2.34. The molecule has 0 N–H and O–H groups in total. The monoisotopic (exact) mass is 317 g/mol. The van der Waals surface area contributed by atoms with Gasteiger partial charge in [0.05, 0.1) is 25.7 Å². The molecule has 1 atom stereocenters. The number of nitrogens with zero attached hydrogens (tertiary/aromatic N) is 1. The lowest BCUT2D eigenvalue weighted by Gasteiger charge is -2.20. The van der Waals surface area contributed by atoms with Crippen LogP contribution in [-0.2, 0) is 15.0 Å². The fourth-order valence-corrected chi connectivity index (χ4v) is 3.20. The van der Waals surface area contributed by atoms with Crippen LogP contribution in [0.5, 0.6) is 11.5 Å². The number of anilines is 1. The predicted octanol–water partition coefficient (Wildman–Crippen LogP) is 1.36. The topological polar surface area (TPSA) is 72.9 Å². The molecule has 1 saturated heterocycles. The van der Waals surface area contributed by atoms with Gasteiger partial charge in [-0.15, -0.1) is 3.89 Å². The first-order chi connectivity index (χ1) is 9.84. The highest BCUT2D eigenvalue weighted by Crippen LogP contribution is 2.36. The molecule has 1 unspecified atom stereocenters. The zero-order valence-electron chi connectivity index (χ0n) is 11.7. The van der Waals surface area contributed by atoms with Crippen molar-refractivity contribution < 1.29 is 26.6 Å². The van der Waals surface area contributed by atoms with Gasteiger partial charge in [0.15, 0.2) is 0 Å². The quantitative estimate of drug-likeness (QED) is 0.767. The summed E-state index contributed by atoms with van der Waals surface area (Å²) in [7, 11) is -1.62. The van der Waals surface area contributed by atoms with E-state index in [1.165, 1.54) is 19.1 Å². The van der Waals surface area contributed by atoms with Crippen molar-refractivity contribution in [2.75, 3.05) is 31.4 Å². The molecule has 6 nitrogen and oxygen atoms in total. The van der Waals surface area contributed by atoms with Crippen LogP contribution in [0.2, 0.25) is 0 Å². The van der Waals surface area contributed by atoms with Gasteiger partial charge < -0.3 is 14.4 Å². The van der Waals surface area contributed by atoms with E-state index in [-0.39, 0.29) is 18.9 Å². The summed E-state index contributed by atoms with van der Waals surface area (Å²) in [6, 6.07) is 4.95. The van der Waals surface area contributed by atoms with Crippen LogP contribution in [0.4, 0.5) is 9.57 Å². The van der Waals surface area contributed by atoms with Gasteiger partial charge in [-0.2, -0.15) is 8.42 Å². The molecule has 1 fully saturated rings. The maximum atomic E-state index is 12.7. The first-order valence-electron chi connectivity index (χ1n) is 6.28. The predicted molar refractivity (Wildman–Crippen MR) is 74.9 cm³/mol. The molecule has 1 aromatic carbocycles. The third-order valence-corrected chi connectivity index (χ3v) is 4.19. The van der Waals surface area contributed by atoms with Gasteiger partial charge in [-0.05, 0) is 12.1 Å². The largest absolute Gasteiger partial charge is 0.497 e. The minimum atomic E-state index is -4.59. The van der Waals surface area contributed by atoms with Crippen LogP contribution >= 0.6 is 0 Å². The molecule has 0 spiro atoms. The summed E-state index contributed by atoms with van der Waals surface area (Å²) in [5, 5.41) is 0. The maximum Gasteiger partial charge on any atom is 0.302 e. The van der Waals surface area contributed by atoms with Crippen LogP contribution in [0.1, 0.15) is 6.42 Å². The Hall–Kier alpha value is -1.83. The maximum absolute atomic E-state index is 12.7.